The number of aliphatic carboxylic acids is 1. The van der Waals surface area contributed by atoms with Crippen molar-refractivity contribution in [3.8, 4) is 0 Å². The van der Waals surface area contributed by atoms with E-state index in [4.69, 9.17) is 5.73 Å². The zero-order valence-corrected chi connectivity index (χ0v) is 9.02. The van der Waals surface area contributed by atoms with Gasteiger partial charge >= 0.3 is 5.97 Å². The predicted molar refractivity (Wildman–Crippen MR) is 58.1 cm³/mol. The number of aromatic nitrogens is 2. The van der Waals surface area contributed by atoms with E-state index in [0.717, 1.165) is 30.5 Å². The van der Waals surface area contributed by atoms with Gasteiger partial charge in [-0.1, -0.05) is 0 Å². The van der Waals surface area contributed by atoms with E-state index in [0.29, 0.717) is 18.7 Å². The summed E-state index contributed by atoms with van der Waals surface area (Å²) in [5.41, 5.74) is 8.15. The Morgan fingerprint density at radius 3 is 3.00 bits per heavy atom. The number of aryl methyl sites for hydroxylation is 1. The Bertz CT molecular complexity index is 406. The molecule has 0 amide bonds. The van der Waals surface area contributed by atoms with Crippen LogP contribution in [0.4, 0.5) is 0 Å². The van der Waals surface area contributed by atoms with Gasteiger partial charge in [0.1, 0.15) is 12.2 Å². The van der Waals surface area contributed by atoms with Crippen LogP contribution in [0.25, 0.3) is 0 Å². The summed E-state index contributed by atoms with van der Waals surface area (Å²) in [7, 11) is 0. The highest BCUT2D eigenvalue weighted by Crippen LogP contribution is 2.28. The van der Waals surface area contributed by atoms with Crippen LogP contribution >= 0.6 is 0 Å². The fourth-order valence-corrected chi connectivity index (χ4v) is 2.23. The third kappa shape index (κ3) is 1.90. The highest BCUT2D eigenvalue weighted by Gasteiger charge is 2.27. The zero-order valence-electron chi connectivity index (χ0n) is 9.02. The van der Waals surface area contributed by atoms with Crippen LogP contribution < -0.4 is 5.73 Å². The highest BCUT2D eigenvalue weighted by molar-refractivity contribution is 5.76. The second kappa shape index (κ2) is 4.57. The van der Waals surface area contributed by atoms with Crippen molar-refractivity contribution in [2.45, 2.75) is 31.6 Å². The summed E-state index contributed by atoms with van der Waals surface area (Å²) in [5, 5.41) is 9.17. The van der Waals surface area contributed by atoms with Crippen molar-refractivity contribution in [2.75, 3.05) is 6.54 Å². The van der Waals surface area contributed by atoms with Crippen molar-refractivity contribution in [1.29, 1.82) is 0 Å². The molecule has 0 aliphatic heterocycles. The van der Waals surface area contributed by atoms with E-state index in [1.165, 1.54) is 6.33 Å². The molecule has 0 spiro atoms. The van der Waals surface area contributed by atoms with Gasteiger partial charge < -0.3 is 10.8 Å². The van der Waals surface area contributed by atoms with Crippen molar-refractivity contribution in [3.05, 3.63) is 23.3 Å². The number of carboxylic acids is 1. The summed E-state index contributed by atoms with van der Waals surface area (Å²) in [6.07, 6.45) is 4.75. The Morgan fingerprint density at radius 1 is 1.50 bits per heavy atom. The first-order chi connectivity index (χ1) is 7.74. The van der Waals surface area contributed by atoms with E-state index >= 15 is 0 Å². The molecule has 1 atom stereocenters. The molecule has 0 aromatic carbocycles. The second-order valence-corrected chi connectivity index (χ2v) is 4.01. The molecule has 2 rings (SSSR count). The molecule has 3 N–H and O–H groups in total. The van der Waals surface area contributed by atoms with Gasteiger partial charge in [-0.05, 0) is 37.8 Å². The van der Waals surface area contributed by atoms with Crippen LogP contribution in [0.3, 0.4) is 0 Å². The molecule has 86 valence electrons. The fourth-order valence-electron chi connectivity index (χ4n) is 2.23. The number of fused-ring (bicyclic) bond motifs is 1. The summed E-state index contributed by atoms with van der Waals surface area (Å²) in [6.45, 7) is 0.357. The Labute approximate surface area is 93.7 Å². The minimum atomic E-state index is -0.849. The van der Waals surface area contributed by atoms with Gasteiger partial charge in [0.2, 0.25) is 0 Å². The van der Waals surface area contributed by atoms with Crippen molar-refractivity contribution in [2.24, 2.45) is 5.73 Å². The number of hydrogen-bond acceptors (Lipinski definition) is 4. The minimum Gasteiger partial charge on any atom is -0.481 e. The van der Waals surface area contributed by atoms with Gasteiger partial charge in [-0.3, -0.25) is 4.79 Å². The molecule has 16 heavy (non-hydrogen) atoms. The van der Waals surface area contributed by atoms with E-state index in [9.17, 15) is 9.90 Å². The normalized spacial score (nSPS) is 15.8. The second-order valence-electron chi connectivity index (χ2n) is 4.01. The summed E-state index contributed by atoms with van der Waals surface area (Å²) >= 11 is 0. The maximum absolute atomic E-state index is 11.2. The molecule has 1 aliphatic carbocycles. The van der Waals surface area contributed by atoms with E-state index < -0.39 is 11.9 Å². The Kier molecular flexibility index (Phi) is 3.14. The molecule has 0 fully saturated rings. The van der Waals surface area contributed by atoms with E-state index in [-0.39, 0.29) is 0 Å². The maximum Gasteiger partial charge on any atom is 0.312 e. The molecule has 1 aromatic rings. The number of carboxylic acid groups (broad SMARTS) is 1. The molecule has 5 heteroatoms. The van der Waals surface area contributed by atoms with Gasteiger partial charge in [0.25, 0.3) is 0 Å². The van der Waals surface area contributed by atoms with E-state index in [2.05, 4.69) is 9.97 Å². The Balaban J connectivity index is 2.38. The molecule has 1 unspecified atom stereocenters. The third-order valence-electron chi connectivity index (χ3n) is 2.99. The standard InChI is InChI=1S/C11H15N3O2/c12-5-4-8(11(15)16)10-7-2-1-3-9(7)13-6-14-10/h6,8H,1-5,12H2,(H,15,16). The smallest absolute Gasteiger partial charge is 0.312 e. The number of hydrogen-bond donors (Lipinski definition) is 2. The fraction of sp³-hybridized carbons (Fsp3) is 0.545. The summed E-state index contributed by atoms with van der Waals surface area (Å²) in [4.78, 5) is 19.5. The number of nitrogens with two attached hydrogens (primary N) is 1. The summed E-state index contributed by atoms with van der Waals surface area (Å²) in [5.74, 6) is -1.43. The molecular formula is C11H15N3O2. The highest BCUT2D eigenvalue weighted by atomic mass is 16.4. The van der Waals surface area contributed by atoms with Crippen LogP contribution in [0, 0.1) is 0 Å². The van der Waals surface area contributed by atoms with Crippen LogP contribution in [0.15, 0.2) is 6.33 Å². The number of nitrogens with zero attached hydrogens (tertiary/aromatic N) is 2. The summed E-state index contributed by atoms with van der Waals surface area (Å²) < 4.78 is 0. The molecule has 0 radical (unpaired) electrons. The van der Waals surface area contributed by atoms with Crippen LogP contribution in [0.5, 0.6) is 0 Å². The quantitative estimate of drug-likeness (QED) is 0.772. The lowest BCUT2D eigenvalue weighted by atomic mass is 9.96. The van der Waals surface area contributed by atoms with Crippen molar-refractivity contribution < 1.29 is 9.90 Å². The molecule has 1 heterocycles. The monoisotopic (exact) mass is 221 g/mol. The average Bonchev–Trinajstić information content (AvgIpc) is 2.73. The lowest BCUT2D eigenvalue weighted by Gasteiger charge is -2.13. The average molecular weight is 221 g/mol. The largest absolute Gasteiger partial charge is 0.481 e. The van der Waals surface area contributed by atoms with Gasteiger partial charge in [0.05, 0.1) is 5.69 Å². The third-order valence-corrected chi connectivity index (χ3v) is 2.99. The van der Waals surface area contributed by atoms with Crippen LogP contribution in [0.1, 0.15) is 35.7 Å². The Morgan fingerprint density at radius 2 is 2.31 bits per heavy atom. The molecule has 1 aliphatic rings. The van der Waals surface area contributed by atoms with Crippen LogP contribution in [0.2, 0.25) is 0 Å². The summed E-state index contributed by atoms with van der Waals surface area (Å²) in [6, 6.07) is 0. The van der Waals surface area contributed by atoms with Gasteiger partial charge in [-0.2, -0.15) is 0 Å². The zero-order chi connectivity index (χ0) is 11.5. The van der Waals surface area contributed by atoms with E-state index in [1.807, 2.05) is 0 Å². The van der Waals surface area contributed by atoms with Crippen molar-refractivity contribution >= 4 is 5.97 Å². The molecule has 0 bridgehead atoms. The number of rotatable bonds is 4. The van der Waals surface area contributed by atoms with Crippen molar-refractivity contribution in [3.63, 3.8) is 0 Å². The molecule has 0 saturated carbocycles. The minimum absolute atomic E-state index is 0.357. The lowest BCUT2D eigenvalue weighted by Crippen LogP contribution is -2.19. The maximum atomic E-state index is 11.2. The van der Waals surface area contributed by atoms with Gasteiger partial charge in [-0.15, -0.1) is 0 Å². The first-order valence-corrected chi connectivity index (χ1v) is 5.49. The molecule has 5 nitrogen and oxygen atoms in total. The van der Waals surface area contributed by atoms with Crippen LogP contribution in [-0.2, 0) is 17.6 Å². The molecule has 0 saturated heterocycles. The van der Waals surface area contributed by atoms with Crippen LogP contribution in [-0.4, -0.2) is 27.6 Å². The first-order valence-electron chi connectivity index (χ1n) is 5.49. The van der Waals surface area contributed by atoms with Crippen molar-refractivity contribution in [1.82, 2.24) is 9.97 Å². The first kappa shape index (κ1) is 11.0. The number of carbonyl (C=O) groups is 1. The van der Waals surface area contributed by atoms with Gasteiger partial charge in [0.15, 0.2) is 0 Å². The predicted octanol–water partition coefficient (Wildman–Crippen LogP) is 0.482. The topological polar surface area (TPSA) is 89.1 Å². The lowest BCUT2D eigenvalue weighted by molar-refractivity contribution is -0.139. The van der Waals surface area contributed by atoms with Gasteiger partial charge in [0, 0.05) is 5.69 Å². The Hall–Kier alpha value is -1.49. The van der Waals surface area contributed by atoms with E-state index in [1.54, 1.807) is 0 Å². The molecule has 1 aromatic heterocycles. The van der Waals surface area contributed by atoms with Gasteiger partial charge in [-0.25, -0.2) is 9.97 Å². The SMILES string of the molecule is NCCC(C(=O)O)c1ncnc2c1CCC2. The molecular weight excluding hydrogens is 206 g/mol.